The van der Waals surface area contributed by atoms with Crippen molar-refractivity contribution >= 4 is 22.6 Å². The van der Waals surface area contributed by atoms with E-state index >= 15 is 0 Å². The SMILES string of the molecule is COC(=O)c1ccc(N2CCN3Cc4cc5nc(OC)c(C)cc5cc4OCCC3C2)cn1. The molecule has 4 heterocycles. The number of nitrogens with zero attached hydrogens (tertiary/aromatic N) is 4. The Morgan fingerprint density at radius 3 is 2.82 bits per heavy atom. The summed E-state index contributed by atoms with van der Waals surface area (Å²) < 4.78 is 16.4. The molecular weight excluding hydrogens is 420 g/mol. The first-order valence-electron chi connectivity index (χ1n) is 11.2. The number of pyridine rings is 2. The molecule has 1 unspecified atom stereocenters. The number of anilines is 1. The van der Waals surface area contributed by atoms with Gasteiger partial charge in [-0.25, -0.2) is 14.8 Å². The molecule has 3 aromatic rings. The number of piperazine rings is 1. The molecule has 1 atom stereocenters. The number of benzene rings is 1. The fourth-order valence-electron chi connectivity index (χ4n) is 4.73. The molecule has 1 fully saturated rings. The molecule has 5 rings (SSSR count). The number of methoxy groups -OCH3 is 2. The Hall–Kier alpha value is -3.39. The molecule has 0 bridgehead atoms. The molecule has 8 nitrogen and oxygen atoms in total. The molecule has 0 N–H and O–H groups in total. The van der Waals surface area contributed by atoms with Gasteiger partial charge in [0.15, 0.2) is 0 Å². The summed E-state index contributed by atoms with van der Waals surface area (Å²) >= 11 is 0. The minimum atomic E-state index is -0.419. The van der Waals surface area contributed by atoms with E-state index in [1.165, 1.54) is 7.11 Å². The molecule has 33 heavy (non-hydrogen) atoms. The van der Waals surface area contributed by atoms with E-state index in [-0.39, 0.29) is 0 Å². The standard InChI is InChI=1S/C25H28N4O4/c1-16-10-17-12-23-18(11-22(17)27-24(16)31-2)14-28-7-8-29(15-20(28)6-9-33-23)19-4-5-21(26-13-19)25(30)32-3/h4-5,10-13,20H,6-9,14-15H2,1-3H3. The number of ether oxygens (including phenoxy) is 3. The largest absolute Gasteiger partial charge is 0.493 e. The molecule has 2 aliphatic rings. The van der Waals surface area contributed by atoms with Crippen LogP contribution in [0.3, 0.4) is 0 Å². The van der Waals surface area contributed by atoms with Gasteiger partial charge in [0.25, 0.3) is 0 Å². The highest BCUT2D eigenvalue weighted by atomic mass is 16.5. The third kappa shape index (κ3) is 4.18. The van der Waals surface area contributed by atoms with Gasteiger partial charge in [-0.05, 0) is 43.7 Å². The molecule has 0 spiro atoms. The maximum Gasteiger partial charge on any atom is 0.356 e. The van der Waals surface area contributed by atoms with Gasteiger partial charge in [-0.3, -0.25) is 4.90 Å². The number of rotatable bonds is 3. The molecule has 2 aromatic heterocycles. The van der Waals surface area contributed by atoms with Gasteiger partial charge in [0.05, 0.1) is 38.2 Å². The molecule has 1 saturated heterocycles. The van der Waals surface area contributed by atoms with Gasteiger partial charge in [0.2, 0.25) is 5.88 Å². The van der Waals surface area contributed by atoms with Gasteiger partial charge < -0.3 is 19.1 Å². The highest BCUT2D eigenvalue weighted by Gasteiger charge is 2.30. The molecule has 0 aliphatic carbocycles. The van der Waals surface area contributed by atoms with Crippen molar-refractivity contribution < 1.29 is 19.0 Å². The van der Waals surface area contributed by atoms with E-state index in [0.29, 0.717) is 24.2 Å². The summed E-state index contributed by atoms with van der Waals surface area (Å²) in [7, 11) is 3.02. The monoisotopic (exact) mass is 448 g/mol. The van der Waals surface area contributed by atoms with Crippen molar-refractivity contribution in [2.75, 3.05) is 45.4 Å². The zero-order chi connectivity index (χ0) is 22.9. The van der Waals surface area contributed by atoms with Gasteiger partial charge in [-0.15, -0.1) is 0 Å². The highest BCUT2D eigenvalue weighted by Crippen LogP contribution is 2.32. The second-order valence-electron chi connectivity index (χ2n) is 8.57. The van der Waals surface area contributed by atoms with E-state index < -0.39 is 5.97 Å². The molecule has 1 aromatic carbocycles. The van der Waals surface area contributed by atoms with Crippen LogP contribution in [0, 0.1) is 6.92 Å². The first-order chi connectivity index (χ1) is 16.1. The first kappa shape index (κ1) is 21.5. The van der Waals surface area contributed by atoms with Gasteiger partial charge in [-0.1, -0.05) is 0 Å². The number of esters is 1. The number of hydrogen-bond donors (Lipinski definition) is 0. The predicted molar refractivity (Wildman–Crippen MR) is 125 cm³/mol. The summed E-state index contributed by atoms with van der Waals surface area (Å²) in [6.45, 7) is 6.20. The average molecular weight is 449 g/mol. The maximum atomic E-state index is 11.7. The van der Waals surface area contributed by atoms with Crippen LogP contribution in [-0.4, -0.2) is 67.3 Å². The van der Waals surface area contributed by atoms with Crippen LogP contribution in [0.4, 0.5) is 5.69 Å². The van der Waals surface area contributed by atoms with E-state index in [1.54, 1.807) is 19.4 Å². The van der Waals surface area contributed by atoms with Crippen LogP contribution in [0.25, 0.3) is 10.9 Å². The Bertz CT molecular complexity index is 1180. The molecule has 0 amide bonds. The maximum absolute atomic E-state index is 11.7. The average Bonchev–Trinajstić information content (AvgIpc) is 2.83. The summed E-state index contributed by atoms with van der Waals surface area (Å²) in [6.07, 6.45) is 2.70. The fraction of sp³-hybridized carbons (Fsp3) is 0.400. The Kier molecular flexibility index (Phi) is 5.76. The minimum Gasteiger partial charge on any atom is -0.493 e. The second-order valence-corrected chi connectivity index (χ2v) is 8.57. The normalized spacial score (nSPS) is 18.5. The van der Waals surface area contributed by atoms with Crippen LogP contribution in [-0.2, 0) is 11.3 Å². The van der Waals surface area contributed by atoms with Crippen LogP contribution in [0.1, 0.15) is 28.0 Å². The van der Waals surface area contributed by atoms with Gasteiger partial charge in [0.1, 0.15) is 11.4 Å². The third-order valence-corrected chi connectivity index (χ3v) is 6.53. The van der Waals surface area contributed by atoms with E-state index in [1.807, 2.05) is 13.0 Å². The smallest absolute Gasteiger partial charge is 0.356 e. The third-order valence-electron chi connectivity index (χ3n) is 6.53. The summed E-state index contributed by atoms with van der Waals surface area (Å²) in [6, 6.07) is 10.4. The van der Waals surface area contributed by atoms with Crippen LogP contribution in [0.2, 0.25) is 0 Å². The van der Waals surface area contributed by atoms with Crippen molar-refractivity contribution in [2.45, 2.75) is 25.9 Å². The summed E-state index contributed by atoms with van der Waals surface area (Å²) in [4.78, 5) is 25.5. The number of aromatic nitrogens is 2. The van der Waals surface area contributed by atoms with Gasteiger partial charge >= 0.3 is 5.97 Å². The number of hydrogen-bond acceptors (Lipinski definition) is 8. The fourth-order valence-corrected chi connectivity index (χ4v) is 4.73. The van der Waals surface area contributed by atoms with E-state index in [4.69, 9.17) is 19.2 Å². The zero-order valence-electron chi connectivity index (χ0n) is 19.2. The zero-order valence-corrected chi connectivity index (χ0v) is 19.2. The predicted octanol–water partition coefficient (Wildman–Crippen LogP) is 3.21. The van der Waals surface area contributed by atoms with Crippen LogP contribution < -0.4 is 14.4 Å². The van der Waals surface area contributed by atoms with E-state index in [2.05, 4.69) is 33.0 Å². The lowest BCUT2D eigenvalue weighted by molar-refractivity contribution is 0.0594. The van der Waals surface area contributed by atoms with Crippen LogP contribution in [0.5, 0.6) is 11.6 Å². The number of carbonyl (C=O) groups is 1. The lowest BCUT2D eigenvalue weighted by Crippen LogP contribution is -2.53. The molecule has 0 saturated carbocycles. The molecular formula is C25H28N4O4. The summed E-state index contributed by atoms with van der Waals surface area (Å²) in [5.74, 6) is 1.18. The Balaban J connectivity index is 1.36. The molecule has 8 heteroatoms. The van der Waals surface area contributed by atoms with Crippen molar-refractivity contribution in [3.8, 4) is 11.6 Å². The Morgan fingerprint density at radius 1 is 1.18 bits per heavy atom. The summed E-state index contributed by atoms with van der Waals surface area (Å²) in [5, 5.41) is 1.07. The second kappa shape index (κ2) is 8.86. The van der Waals surface area contributed by atoms with Gasteiger partial charge in [0, 0.05) is 48.7 Å². The topological polar surface area (TPSA) is 77.0 Å². The van der Waals surface area contributed by atoms with Crippen molar-refractivity contribution in [1.29, 1.82) is 0 Å². The van der Waals surface area contributed by atoms with Crippen LogP contribution >= 0.6 is 0 Å². The van der Waals surface area contributed by atoms with E-state index in [0.717, 1.165) is 66.1 Å². The Morgan fingerprint density at radius 2 is 2.06 bits per heavy atom. The first-order valence-corrected chi connectivity index (χ1v) is 11.2. The Labute approximate surface area is 193 Å². The summed E-state index contributed by atoms with van der Waals surface area (Å²) in [5.41, 5.74) is 4.43. The van der Waals surface area contributed by atoms with Crippen molar-refractivity contribution in [2.24, 2.45) is 0 Å². The highest BCUT2D eigenvalue weighted by molar-refractivity contribution is 5.87. The quantitative estimate of drug-likeness (QED) is 0.566. The molecule has 172 valence electrons. The number of aryl methyl sites for hydroxylation is 1. The van der Waals surface area contributed by atoms with E-state index in [9.17, 15) is 4.79 Å². The minimum absolute atomic E-state index is 0.323. The number of carbonyl (C=O) groups excluding carboxylic acids is 1. The molecule has 2 aliphatic heterocycles. The lowest BCUT2D eigenvalue weighted by Gasteiger charge is -2.43. The van der Waals surface area contributed by atoms with Crippen molar-refractivity contribution in [3.05, 3.63) is 53.3 Å². The molecule has 0 radical (unpaired) electrons. The van der Waals surface area contributed by atoms with Crippen LogP contribution in [0.15, 0.2) is 36.5 Å². The van der Waals surface area contributed by atoms with Crippen molar-refractivity contribution in [1.82, 2.24) is 14.9 Å². The van der Waals surface area contributed by atoms with Crippen molar-refractivity contribution in [3.63, 3.8) is 0 Å². The van der Waals surface area contributed by atoms with Gasteiger partial charge in [-0.2, -0.15) is 0 Å². The lowest BCUT2D eigenvalue weighted by atomic mass is 10.0. The number of fused-ring (bicyclic) bond motifs is 3.